The summed E-state index contributed by atoms with van der Waals surface area (Å²) in [5.41, 5.74) is 4.07. The van der Waals surface area contributed by atoms with Crippen molar-refractivity contribution in [2.75, 3.05) is 11.9 Å². The van der Waals surface area contributed by atoms with Crippen LogP contribution in [0.2, 0.25) is 0 Å². The molecule has 1 unspecified atom stereocenters. The minimum Gasteiger partial charge on any atom is -0.491 e. The monoisotopic (exact) mass is 496 g/mol. The molecule has 0 radical (unpaired) electrons. The number of carbonyl (C=O) groups excluding carboxylic acids is 1. The van der Waals surface area contributed by atoms with Crippen LogP contribution in [-0.2, 0) is 0 Å². The second-order valence-electron chi connectivity index (χ2n) is 7.05. The molecular weight excluding hydrogens is 472 g/mol. The van der Waals surface area contributed by atoms with Gasteiger partial charge in [0.15, 0.2) is 0 Å². The van der Waals surface area contributed by atoms with Crippen LogP contribution in [-0.4, -0.2) is 18.7 Å². The molecule has 2 amide bonds. The topological polar surface area (TPSA) is 50.4 Å². The maximum absolute atomic E-state index is 12.4. The lowest BCUT2D eigenvalue weighted by molar-refractivity contribution is 0.236. The van der Waals surface area contributed by atoms with Crippen LogP contribution < -0.4 is 15.4 Å². The molecule has 2 rings (SSSR count). The number of hydrogen-bond acceptors (Lipinski definition) is 2. The average molecular weight is 498 g/mol. The van der Waals surface area contributed by atoms with Crippen molar-refractivity contribution in [3.05, 3.63) is 56.0 Å². The van der Waals surface area contributed by atoms with Gasteiger partial charge in [0.2, 0.25) is 0 Å². The van der Waals surface area contributed by atoms with Gasteiger partial charge < -0.3 is 15.4 Å². The van der Waals surface area contributed by atoms with Crippen LogP contribution in [0.3, 0.4) is 0 Å². The number of hydrogen-bond donors (Lipinski definition) is 2. The van der Waals surface area contributed by atoms with Crippen LogP contribution in [0, 0.1) is 13.8 Å². The number of rotatable bonds is 6. The lowest BCUT2D eigenvalue weighted by Gasteiger charge is -2.19. The minimum absolute atomic E-state index is 0.142. The molecule has 2 aromatic rings. The normalized spacial score (nSPS) is 12.0. The van der Waals surface area contributed by atoms with E-state index >= 15 is 0 Å². The van der Waals surface area contributed by atoms with E-state index in [1.807, 2.05) is 51.1 Å². The maximum atomic E-state index is 12.4. The summed E-state index contributed by atoms with van der Waals surface area (Å²) in [5.74, 6) is 1.28. The summed E-state index contributed by atoms with van der Waals surface area (Å²) in [6, 6.07) is 9.68. The Hall–Kier alpha value is -1.53. The average Bonchev–Trinajstić information content (AvgIpc) is 2.57. The zero-order valence-corrected chi connectivity index (χ0v) is 19.5. The molecule has 0 fully saturated rings. The Kier molecular flexibility index (Phi) is 7.74. The fourth-order valence-electron chi connectivity index (χ4n) is 2.70. The summed E-state index contributed by atoms with van der Waals surface area (Å²) in [6.45, 7) is 10.6. The van der Waals surface area contributed by atoms with E-state index in [0.717, 1.165) is 25.8 Å². The predicted molar refractivity (Wildman–Crippen MR) is 119 cm³/mol. The standard InChI is InChI=1S/C21H26Br2N2O2/c1-12(2)16-9-17(22)19(18(23)10-16)25-21(26)24-15(5)11-27-20-13(3)7-6-8-14(20)4/h6-10,12,15H,11H2,1-5H3,(H2,24,25,26). The first-order chi connectivity index (χ1) is 12.7. The van der Waals surface area contributed by atoms with Crippen molar-refractivity contribution >= 4 is 43.6 Å². The number of carbonyl (C=O) groups is 1. The van der Waals surface area contributed by atoms with Crippen molar-refractivity contribution in [2.24, 2.45) is 0 Å². The third-order valence-electron chi connectivity index (χ3n) is 4.23. The summed E-state index contributed by atoms with van der Waals surface area (Å²) in [5, 5.41) is 5.81. The van der Waals surface area contributed by atoms with Crippen LogP contribution in [0.4, 0.5) is 10.5 Å². The molecule has 4 nitrogen and oxygen atoms in total. The quantitative estimate of drug-likeness (QED) is 0.475. The van der Waals surface area contributed by atoms with Crippen molar-refractivity contribution < 1.29 is 9.53 Å². The first-order valence-corrected chi connectivity index (χ1v) is 10.5. The van der Waals surface area contributed by atoms with Crippen LogP contribution >= 0.6 is 31.9 Å². The second kappa shape index (κ2) is 9.60. The number of benzene rings is 2. The van der Waals surface area contributed by atoms with Gasteiger partial charge in [-0.25, -0.2) is 4.79 Å². The van der Waals surface area contributed by atoms with Crippen LogP contribution in [0.5, 0.6) is 5.75 Å². The Morgan fingerprint density at radius 3 is 2.15 bits per heavy atom. The molecule has 27 heavy (non-hydrogen) atoms. The van der Waals surface area contributed by atoms with Gasteiger partial charge in [0.1, 0.15) is 12.4 Å². The first kappa shape index (κ1) is 21.8. The molecular formula is C21H26Br2N2O2. The van der Waals surface area contributed by atoms with Gasteiger partial charge in [0.25, 0.3) is 0 Å². The second-order valence-corrected chi connectivity index (χ2v) is 8.75. The summed E-state index contributed by atoms with van der Waals surface area (Å²) >= 11 is 7.08. The van der Waals surface area contributed by atoms with Crippen molar-refractivity contribution in [1.82, 2.24) is 5.32 Å². The van der Waals surface area contributed by atoms with Gasteiger partial charge in [0, 0.05) is 8.95 Å². The van der Waals surface area contributed by atoms with E-state index in [4.69, 9.17) is 4.74 Å². The smallest absolute Gasteiger partial charge is 0.319 e. The van der Waals surface area contributed by atoms with Crippen LogP contribution in [0.1, 0.15) is 43.4 Å². The van der Waals surface area contributed by atoms with Crippen molar-refractivity contribution in [1.29, 1.82) is 0 Å². The fraction of sp³-hybridized carbons (Fsp3) is 0.381. The fourth-order valence-corrected chi connectivity index (χ4v) is 4.12. The Morgan fingerprint density at radius 1 is 1.07 bits per heavy atom. The van der Waals surface area contributed by atoms with E-state index in [1.54, 1.807) is 0 Å². The minimum atomic E-state index is -0.272. The molecule has 6 heteroatoms. The molecule has 1 atom stereocenters. The van der Waals surface area contributed by atoms with Gasteiger partial charge in [0.05, 0.1) is 11.7 Å². The summed E-state index contributed by atoms with van der Waals surface area (Å²) in [7, 11) is 0. The third-order valence-corrected chi connectivity index (χ3v) is 5.48. The van der Waals surface area contributed by atoms with Gasteiger partial charge in [-0.2, -0.15) is 0 Å². The summed E-state index contributed by atoms with van der Waals surface area (Å²) in [4.78, 5) is 12.4. The number of aryl methyl sites for hydroxylation is 2. The highest BCUT2D eigenvalue weighted by Gasteiger charge is 2.14. The zero-order chi connectivity index (χ0) is 20.1. The summed E-state index contributed by atoms with van der Waals surface area (Å²) < 4.78 is 7.59. The number of halogens is 2. The van der Waals surface area contributed by atoms with E-state index in [2.05, 4.69) is 56.3 Å². The molecule has 0 aliphatic rings. The highest BCUT2D eigenvalue weighted by Crippen LogP contribution is 2.34. The van der Waals surface area contributed by atoms with Gasteiger partial charge in [-0.3, -0.25) is 0 Å². The number of nitrogens with one attached hydrogen (secondary N) is 2. The number of amides is 2. The lowest BCUT2D eigenvalue weighted by Crippen LogP contribution is -2.39. The number of para-hydroxylation sites is 1. The largest absolute Gasteiger partial charge is 0.491 e. The Bertz CT molecular complexity index is 779. The Labute approximate surface area is 178 Å². The Morgan fingerprint density at radius 2 is 1.63 bits per heavy atom. The van der Waals surface area contributed by atoms with E-state index in [0.29, 0.717) is 18.2 Å². The molecule has 0 aliphatic heterocycles. The zero-order valence-electron chi connectivity index (χ0n) is 16.3. The number of urea groups is 1. The van der Waals surface area contributed by atoms with E-state index in [-0.39, 0.29) is 12.1 Å². The highest BCUT2D eigenvalue weighted by molar-refractivity contribution is 9.11. The van der Waals surface area contributed by atoms with Crippen LogP contribution in [0.15, 0.2) is 39.3 Å². The summed E-state index contributed by atoms with van der Waals surface area (Å²) in [6.07, 6.45) is 0. The maximum Gasteiger partial charge on any atom is 0.319 e. The van der Waals surface area contributed by atoms with E-state index in [9.17, 15) is 4.79 Å². The number of anilines is 1. The molecule has 146 valence electrons. The third kappa shape index (κ3) is 5.98. The van der Waals surface area contributed by atoms with Crippen molar-refractivity contribution in [3.63, 3.8) is 0 Å². The van der Waals surface area contributed by atoms with E-state index in [1.165, 1.54) is 5.56 Å². The SMILES string of the molecule is Cc1cccc(C)c1OCC(C)NC(=O)Nc1c(Br)cc(C(C)C)cc1Br. The van der Waals surface area contributed by atoms with Crippen molar-refractivity contribution in [3.8, 4) is 5.75 Å². The Balaban J connectivity index is 1.95. The van der Waals surface area contributed by atoms with Crippen LogP contribution in [0.25, 0.3) is 0 Å². The van der Waals surface area contributed by atoms with Gasteiger partial charge >= 0.3 is 6.03 Å². The molecule has 2 N–H and O–H groups in total. The molecule has 0 bridgehead atoms. The highest BCUT2D eigenvalue weighted by atomic mass is 79.9. The molecule has 0 spiro atoms. The molecule has 0 saturated heterocycles. The van der Waals surface area contributed by atoms with Gasteiger partial charge in [-0.15, -0.1) is 0 Å². The van der Waals surface area contributed by atoms with E-state index < -0.39 is 0 Å². The van der Waals surface area contributed by atoms with Gasteiger partial charge in [-0.05, 0) is 87.4 Å². The molecule has 0 aliphatic carbocycles. The molecule has 2 aromatic carbocycles. The van der Waals surface area contributed by atoms with Gasteiger partial charge in [-0.1, -0.05) is 32.0 Å². The first-order valence-electron chi connectivity index (χ1n) is 8.94. The van der Waals surface area contributed by atoms with Crippen molar-refractivity contribution in [2.45, 2.75) is 46.6 Å². The molecule has 0 aromatic heterocycles. The molecule has 0 saturated carbocycles. The predicted octanol–water partition coefficient (Wildman–Crippen LogP) is 6.54. The lowest BCUT2D eigenvalue weighted by atomic mass is 10.0. The number of ether oxygens (including phenoxy) is 1. The molecule has 0 heterocycles.